The third-order valence-corrected chi connectivity index (χ3v) is 1.68. The first-order valence-corrected chi connectivity index (χ1v) is 3.74. The molecule has 1 rings (SSSR count). The van der Waals surface area contributed by atoms with Gasteiger partial charge in [0.05, 0.1) is 0 Å². The highest BCUT2D eigenvalue weighted by molar-refractivity contribution is 6.02. The van der Waals surface area contributed by atoms with E-state index in [0.29, 0.717) is 0 Å². The fourth-order valence-corrected chi connectivity index (χ4v) is 1.05. The van der Waals surface area contributed by atoms with Gasteiger partial charge in [0, 0.05) is 13.1 Å². The van der Waals surface area contributed by atoms with Gasteiger partial charge in [-0.15, -0.1) is 0 Å². The fourth-order valence-electron chi connectivity index (χ4n) is 1.05. The third kappa shape index (κ3) is 1.27. The molecule has 0 bridgehead atoms. The maximum Gasteiger partial charge on any atom is 0.417 e. The van der Waals surface area contributed by atoms with Crippen LogP contribution in [-0.2, 0) is 9.53 Å². The minimum absolute atomic E-state index is 0.223. The van der Waals surface area contributed by atoms with E-state index in [4.69, 9.17) is 10.5 Å². The molecule has 0 aromatic rings. The smallest absolute Gasteiger partial charge is 0.417 e. The van der Waals surface area contributed by atoms with Gasteiger partial charge in [0.15, 0.2) is 5.60 Å². The summed E-state index contributed by atoms with van der Waals surface area (Å²) in [6, 6.07) is 0. The molecule has 12 heavy (non-hydrogen) atoms. The van der Waals surface area contributed by atoms with E-state index in [-0.39, 0.29) is 19.0 Å². The van der Waals surface area contributed by atoms with Crippen LogP contribution in [0.3, 0.4) is 0 Å². The molecule has 0 unspecified atom stereocenters. The van der Waals surface area contributed by atoms with E-state index < -0.39 is 11.7 Å². The second-order valence-corrected chi connectivity index (χ2v) is 3.12. The van der Waals surface area contributed by atoms with Crippen molar-refractivity contribution >= 4 is 12.0 Å². The summed E-state index contributed by atoms with van der Waals surface area (Å²) < 4.78 is 4.81. The molecule has 0 spiro atoms. The van der Waals surface area contributed by atoms with E-state index in [9.17, 15) is 9.59 Å². The average Bonchev–Trinajstić information content (AvgIpc) is 2.13. The summed E-state index contributed by atoms with van der Waals surface area (Å²) in [5, 5.41) is 0. The lowest BCUT2D eigenvalue weighted by atomic mass is 10.1. The van der Waals surface area contributed by atoms with Gasteiger partial charge in [-0.1, -0.05) is 0 Å². The topological polar surface area (TPSA) is 72.6 Å². The van der Waals surface area contributed by atoms with Crippen LogP contribution in [0.15, 0.2) is 0 Å². The van der Waals surface area contributed by atoms with Crippen LogP contribution in [0, 0.1) is 0 Å². The highest BCUT2D eigenvalue weighted by Crippen LogP contribution is 2.22. The van der Waals surface area contributed by atoms with Gasteiger partial charge in [0.25, 0.3) is 5.91 Å². The molecule has 1 heterocycles. The van der Waals surface area contributed by atoms with Crippen LogP contribution < -0.4 is 5.73 Å². The number of imide groups is 1. The zero-order valence-corrected chi connectivity index (χ0v) is 7.16. The standard InChI is InChI=1S/C7H12N2O3/c1-7(2)5(10)9(4-3-8)6(11)12-7/h3-4,8H2,1-2H3. The number of hydrogen-bond donors (Lipinski definition) is 1. The molecular weight excluding hydrogens is 160 g/mol. The minimum atomic E-state index is -1.02. The van der Waals surface area contributed by atoms with E-state index in [1.54, 1.807) is 13.8 Å². The summed E-state index contributed by atoms with van der Waals surface area (Å²) in [5.74, 6) is -0.321. The normalized spacial score (nSPS) is 21.4. The van der Waals surface area contributed by atoms with Crippen LogP contribution in [0.1, 0.15) is 13.8 Å². The molecule has 5 heteroatoms. The van der Waals surface area contributed by atoms with Crippen molar-refractivity contribution < 1.29 is 14.3 Å². The van der Waals surface area contributed by atoms with Crippen molar-refractivity contribution in [2.75, 3.05) is 13.1 Å². The van der Waals surface area contributed by atoms with E-state index >= 15 is 0 Å². The van der Waals surface area contributed by atoms with Gasteiger partial charge in [-0.2, -0.15) is 0 Å². The Bertz CT molecular complexity index is 225. The fraction of sp³-hybridized carbons (Fsp3) is 0.714. The van der Waals surface area contributed by atoms with Crippen molar-refractivity contribution in [1.82, 2.24) is 4.90 Å². The quantitative estimate of drug-likeness (QED) is 0.620. The van der Waals surface area contributed by atoms with Crippen molar-refractivity contribution in [3.05, 3.63) is 0 Å². The molecule has 2 N–H and O–H groups in total. The van der Waals surface area contributed by atoms with E-state index in [1.165, 1.54) is 0 Å². The number of hydrogen-bond acceptors (Lipinski definition) is 4. The van der Waals surface area contributed by atoms with Crippen molar-refractivity contribution in [3.8, 4) is 0 Å². The lowest BCUT2D eigenvalue weighted by Crippen LogP contribution is -2.38. The van der Waals surface area contributed by atoms with Crippen LogP contribution in [0.25, 0.3) is 0 Å². The monoisotopic (exact) mass is 172 g/mol. The molecule has 0 aromatic carbocycles. The number of amides is 2. The average molecular weight is 172 g/mol. The summed E-state index contributed by atoms with van der Waals surface area (Å²) in [6.07, 6.45) is -0.601. The number of ether oxygens (including phenoxy) is 1. The Balaban J connectivity index is 2.78. The Morgan fingerprint density at radius 3 is 2.42 bits per heavy atom. The number of nitrogens with two attached hydrogens (primary N) is 1. The van der Waals surface area contributed by atoms with E-state index in [0.717, 1.165) is 4.90 Å². The van der Waals surface area contributed by atoms with Crippen LogP contribution in [0.2, 0.25) is 0 Å². The number of cyclic esters (lactones) is 1. The molecule has 0 radical (unpaired) electrons. The van der Waals surface area contributed by atoms with Crippen LogP contribution in [0.4, 0.5) is 4.79 Å². The first kappa shape index (κ1) is 8.99. The van der Waals surface area contributed by atoms with E-state index in [2.05, 4.69) is 0 Å². The second kappa shape index (κ2) is 2.75. The van der Waals surface area contributed by atoms with Gasteiger partial charge in [0.1, 0.15) is 0 Å². The summed E-state index contributed by atoms with van der Waals surface area (Å²) in [4.78, 5) is 23.4. The van der Waals surface area contributed by atoms with Crippen molar-refractivity contribution in [3.63, 3.8) is 0 Å². The predicted molar refractivity (Wildman–Crippen MR) is 41.3 cm³/mol. The summed E-state index contributed by atoms with van der Waals surface area (Å²) in [7, 11) is 0. The zero-order chi connectivity index (χ0) is 9.35. The predicted octanol–water partition coefficient (Wildman–Crippen LogP) is -0.298. The molecule has 1 fully saturated rings. The molecule has 5 nitrogen and oxygen atoms in total. The molecule has 68 valence electrons. The highest BCUT2D eigenvalue weighted by Gasteiger charge is 2.46. The number of carbonyl (C=O) groups is 2. The first-order valence-electron chi connectivity index (χ1n) is 3.74. The van der Waals surface area contributed by atoms with Crippen molar-refractivity contribution in [2.24, 2.45) is 5.73 Å². The third-order valence-electron chi connectivity index (χ3n) is 1.68. The molecule has 0 atom stereocenters. The van der Waals surface area contributed by atoms with Gasteiger partial charge in [-0.05, 0) is 13.8 Å². The Labute approximate surface area is 70.5 Å². The van der Waals surface area contributed by atoms with Crippen LogP contribution in [-0.4, -0.2) is 35.6 Å². The lowest BCUT2D eigenvalue weighted by molar-refractivity contribution is -0.134. The Kier molecular flexibility index (Phi) is 2.06. The molecular formula is C7H12N2O3. The largest absolute Gasteiger partial charge is 0.433 e. The van der Waals surface area contributed by atoms with Crippen LogP contribution in [0.5, 0.6) is 0 Å². The van der Waals surface area contributed by atoms with Gasteiger partial charge in [-0.3, -0.25) is 4.79 Å². The summed E-state index contributed by atoms with van der Waals surface area (Å²) in [6.45, 7) is 3.60. The first-order chi connectivity index (χ1) is 5.49. The molecule has 0 saturated carbocycles. The molecule has 1 aliphatic rings. The Hall–Kier alpha value is -1.10. The number of carbonyl (C=O) groups excluding carboxylic acids is 2. The number of rotatable bonds is 2. The highest BCUT2D eigenvalue weighted by atomic mass is 16.6. The Morgan fingerprint density at radius 2 is 2.08 bits per heavy atom. The van der Waals surface area contributed by atoms with Gasteiger partial charge < -0.3 is 10.5 Å². The van der Waals surface area contributed by atoms with Crippen LogP contribution >= 0.6 is 0 Å². The lowest BCUT2D eigenvalue weighted by Gasteiger charge is -2.12. The van der Waals surface area contributed by atoms with Gasteiger partial charge >= 0.3 is 6.09 Å². The minimum Gasteiger partial charge on any atom is -0.433 e. The summed E-state index contributed by atoms with van der Waals surface area (Å²) in [5.41, 5.74) is 4.20. The van der Waals surface area contributed by atoms with E-state index in [1.807, 2.05) is 0 Å². The molecule has 1 saturated heterocycles. The second-order valence-electron chi connectivity index (χ2n) is 3.12. The van der Waals surface area contributed by atoms with Gasteiger partial charge in [-0.25, -0.2) is 9.69 Å². The van der Waals surface area contributed by atoms with Crippen molar-refractivity contribution in [2.45, 2.75) is 19.4 Å². The Morgan fingerprint density at radius 1 is 1.50 bits per heavy atom. The zero-order valence-electron chi connectivity index (χ0n) is 7.16. The summed E-state index contributed by atoms with van der Waals surface area (Å²) >= 11 is 0. The SMILES string of the molecule is CC1(C)OC(=O)N(CCN)C1=O. The molecule has 0 aromatic heterocycles. The maximum absolute atomic E-state index is 11.4. The maximum atomic E-state index is 11.4. The molecule has 1 aliphatic heterocycles. The number of nitrogens with zero attached hydrogens (tertiary/aromatic N) is 1. The molecule has 0 aliphatic carbocycles. The molecule has 2 amide bonds. The van der Waals surface area contributed by atoms with Gasteiger partial charge in [0.2, 0.25) is 0 Å². The van der Waals surface area contributed by atoms with Crippen molar-refractivity contribution in [1.29, 1.82) is 0 Å².